The molecule has 0 radical (unpaired) electrons. The summed E-state index contributed by atoms with van der Waals surface area (Å²) in [7, 11) is -3.56. The van der Waals surface area contributed by atoms with Gasteiger partial charge in [0, 0.05) is 5.56 Å². The van der Waals surface area contributed by atoms with Crippen LogP contribution in [0.5, 0.6) is 0 Å². The van der Waals surface area contributed by atoms with Crippen LogP contribution in [0.2, 0.25) is 0 Å². The molecule has 114 valence electrons. The number of rotatable bonds is 4. The van der Waals surface area contributed by atoms with Gasteiger partial charge in [0.15, 0.2) is 0 Å². The number of nitrogens with zero attached hydrogens (tertiary/aromatic N) is 1. The fourth-order valence-corrected chi connectivity index (χ4v) is 2.47. The van der Waals surface area contributed by atoms with Crippen molar-refractivity contribution in [2.24, 2.45) is 4.40 Å². The molecule has 0 aliphatic carbocycles. The maximum atomic E-state index is 13.0. The molecule has 0 amide bonds. The Labute approximate surface area is 129 Å². The lowest BCUT2D eigenvalue weighted by atomic mass is 10.0. The summed E-state index contributed by atoms with van der Waals surface area (Å²) in [4.78, 5) is 0. The van der Waals surface area contributed by atoms with E-state index in [0.717, 1.165) is 17.4 Å². The van der Waals surface area contributed by atoms with Crippen LogP contribution in [0, 0.1) is 5.82 Å². The van der Waals surface area contributed by atoms with Crippen molar-refractivity contribution in [1.82, 2.24) is 0 Å². The smallest absolute Gasteiger partial charge is 0.207 e. The molecule has 0 spiro atoms. The number of hydrogen-bond donors (Lipinski definition) is 0. The molecule has 2 rings (SSSR count). The fourth-order valence-electron chi connectivity index (χ4n) is 1.95. The second-order valence-corrected chi connectivity index (χ2v) is 6.56. The average molecular weight is 317 g/mol. The molecule has 22 heavy (non-hydrogen) atoms. The van der Waals surface area contributed by atoms with Gasteiger partial charge < -0.3 is 0 Å². The van der Waals surface area contributed by atoms with Crippen LogP contribution in [-0.4, -0.2) is 20.4 Å². The second kappa shape index (κ2) is 6.66. The zero-order chi connectivity index (χ0) is 16.2. The molecular formula is C17H16FNO2S. The van der Waals surface area contributed by atoms with Crippen LogP contribution in [0.3, 0.4) is 0 Å². The van der Waals surface area contributed by atoms with E-state index in [0.29, 0.717) is 5.56 Å². The highest BCUT2D eigenvalue weighted by Gasteiger charge is 2.07. The van der Waals surface area contributed by atoms with Crippen molar-refractivity contribution in [2.45, 2.75) is 6.92 Å². The van der Waals surface area contributed by atoms with Crippen LogP contribution in [0.1, 0.15) is 18.1 Å². The van der Waals surface area contributed by atoms with Crippen molar-refractivity contribution in [3.05, 3.63) is 77.6 Å². The Morgan fingerprint density at radius 3 is 2.14 bits per heavy atom. The molecule has 0 saturated carbocycles. The number of allylic oxidation sites excluding steroid dienone is 2. The molecule has 0 unspecified atom stereocenters. The lowest BCUT2D eigenvalue weighted by Gasteiger charge is -2.05. The highest BCUT2D eigenvalue weighted by molar-refractivity contribution is 7.89. The van der Waals surface area contributed by atoms with Gasteiger partial charge in [-0.3, -0.25) is 0 Å². The molecule has 2 aromatic rings. The Morgan fingerprint density at radius 2 is 1.59 bits per heavy atom. The molecule has 0 heterocycles. The Kier molecular flexibility index (Phi) is 4.88. The minimum Gasteiger partial charge on any atom is -0.207 e. The normalized spacial score (nSPS) is 13.2. The van der Waals surface area contributed by atoms with Gasteiger partial charge in [-0.05, 0) is 48.4 Å². The van der Waals surface area contributed by atoms with Gasteiger partial charge in [0.25, 0.3) is 10.0 Å². The minimum absolute atomic E-state index is 0.281. The Balaban J connectivity index is 2.51. The van der Waals surface area contributed by atoms with Gasteiger partial charge >= 0.3 is 0 Å². The molecule has 0 fully saturated rings. The average Bonchev–Trinajstić information content (AvgIpc) is 2.47. The zero-order valence-corrected chi connectivity index (χ0v) is 13.1. The summed E-state index contributed by atoms with van der Waals surface area (Å²) in [6.45, 7) is 1.87. The van der Waals surface area contributed by atoms with Crippen LogP contribution >= 0.6 is 0 Å². The third kappa shape index (κ3) is 4.63. The third-order valence-electron chi connectivity index (χ3n) is 2.99. The summed E-state index contributed by atoms with van der Waals surface area (Å²) in [5.74, 6) is -0.383. The third-order valence-corrected chi connectivity index (χ3v) is 3.51. The van der Waals surface area contributed by atoms with E-state index in [1.165, 1.54) is 24.3 Å². The fraction of sp³-hybridized carbons (Fsp3) is 0.118. The van der Waals surface area contributed by atoms with Crippen molar-refractivity contribution in [1.29, 1.82) is 0 Å². The summed E-state index contributed by atoms with van der Waals surface area (Å²) in [6.07, 6.45) is 2.71. The van der Waals surface area contributed by atoms with Gasteiger partial charge in [0.1, 0.15) is 5.82 Å². The molecule has 0 aliphatic rings. The van der Waals surface area contributed by atoms with Crippen LogP contribution in [0.15, 0.2) is 65.1 Å². The van der Waals surface area contributed by atoms with Crippen molar-refractivity contribution in [3.63, 3.8) is 0 Å². The largest absolute Gasteiger partial charge is 0.250 e. The van der Waals surface area contributed by atoms with Crippen LogP contribution in [0.25, 0.3) is 5.57 Å². The Hall–Kier alpha value is -2.27. The molecule has 5 heteroatoms. The van der Waals surface area contributed by atoms with Crippen LogP contribution in [0.4, 0.5) is 4.39 Å². The monoisotopic (exact) mass is 317 g/mol. The first-order valence-electron chi connectivity index (χ1n) is 6.65. The highest BCUT2D eigenvalue weighted by atomic mass is 32.2. The summed E-state index contributed by atoms with van der Waals surface area (Å²) in [5.41, 5.74) is 2.66. The predicted molar refractivity (Wildman–Crippen MR) is 87.9 cm³/mol. The van der Waals surface area contributed by atoms with E-state index in [2.05, 4.69) is 4.40 Å². The van der Waals surface area contributed by atoms with Gasteiger partial charge in [0.2, 0.25) is 0 Å². The van der Waals surface area contributed by atoms with Crippen molar-refractivity contribution in [2.75, 3.05) is 6.26 Å². The zero-order valence-electron chi connectivity index (χ0n) is 12.3. The topological polar surface area (TPSA) is 46.5 Å². The van der Waals surface area contributed by atoms with Crippen LogP contribution < -0.4 is 0 Å². The van der Waals surface area contributed by atoms with E-state index in [1.807, 2.05) is 37.3 Å². The molecule has 0 aliphatic heterocycles. The summed E-state index contributed by atoms with van der Waals surface area (Å²) in [6, 6.07) is 15.1. The van der Waals surface area contributed by atoms with Gasteiger partial charge in [-0.2, -0.15) is 4.40 Å². The SMILES string of the molecule is C/C(=C\C(=N\S(C)(=O)=O)c1ccc(F)cc1)c1ccccc1. The molecule has 3 nitrogen and oxygen atoms in total. The highest BCUT2D eigenvalue weighted by Crippen LogP contribution is 2.16. The summed E-state index contributed by atoms with van der Waals surface area (Å²) in [5, 5.41) is 0. The first-order chi connectivity index (χ1) is 10.3. The van der Waals surface area contributed by atoms with E-state index >= 15 is 0 Å². The quantitative estimate of drug-likeness (QED) is 0.808. The van der Waals surface area contributed by atoms with Gasteiger partial charge in [-0.1, -0.05) is 30.3 Å². The number of halogens is 1. The van der Waals surface area contributed by atoms with Gasteiger partial charge in [0.05, 0.1) is 12.0 Å². The molecule has 0 atom stereocenters. The molecule has 0 bridgehead atoms. The van der Waals surface area contributed by atoms with E-state index in [9.17, 15) is 12.8 Å². The maximum Gasteiger partial charge on any atom is 0.250 e. The second-order valence-electron chi connectivity index (χ2n) is 4.91. The number of benzene rings is 2. The van der Waals surface area contributed by atoms with Crippen molar-refractivity contribution >= 4 is 21.3 Å². The Bertz CT molecular complexity index is 807. The summed E-state index contributed by atoms with van der Waals surface area (Å²) < 4.78 is 39.8. The first-order valence-corrected chi connectivity index (χ1v) is 8.49. The van der Waals surface area contributed by atoms with Crippen molar-refractivity contribution < 1.29 is 12.8 Å². The van der Waals surface area contributed by atoms with Gasteiger partial charge in [-0.15, -0.1) is 0 Å². The molecule has 0 saturated heterocycles. The van der Waals surface area contributed by atoms with E-state index in [4.69, 9.17) is 0 Å². The van der Waals surface area contributed by atoms with E-state index < -0.39 is 10.0 Å². The Morgan fingerprint density at radius 1 is 1.00 bits per heavy atom. The molecular weight excluding hydrogens is 301 g/mol. The minimum atomic E-state index is -3.56. The standard InChI is InChI=1S/C17H16FNO2S/c1-13(14-6-4-3-5-7-14)12-17(19-22(2,20)21)15-8-10-16(18)11-9-15/h3-12H,1-2H3/b13-12+,19-17-. The van der Waals surface area contributed by atoms with E-state index in [1.54, 1.807) is 6.08 Å². The molecule has 0 aromatic heterocycles. The lowest BCUT2D eigenvalue weighted by molar-refractivity contribution is 0.604. The first kappa shape index (κ1) is 16.1. The molecule has 2 aromatic carbocycles. The predicted octanol–water partition coefficient (Wildman–Crippen LogP) is 3.68. The van der Waals surface area contributed by atoms with E-state index in [-0.39, 0.29) is 11.5 Å². The maximum absolute atomic E-state index is 13.0. The van der Waals surface area contributed by atoms with Gasteiger partial charge in [-0.25, -0.2) is 12.8 Å². The summed E-state index contributed by atoms with van der Waals surface area (Å²) >= 11 is 0. The molecule has 0 N–H and O–H groups in total. The lowest BCUT2D eigenvalue weighted by Crippen LogP contribution is -2.03. The van der Waals surface area contributed by atoms with Crippen molar-refractivity contribution in [3.8, 4) is 0 Å². The number of hydrogen-bond acceptors (Lipinski definition) is 2. The van der Waals surface area contributed by atoms with Crippen LogP contribution in [-0.2, 0) is 10.0 Å². The number of sulfonamides is 1.